The van der Waals surface area contributed by atoms with E-state index in [4.69, 9.17) is 4.74 Å². The van der Waals surface area contributed by atoms with Gasteiger partial charge in [0.05, 0.1) is 16.8 Å². The van der Waals surface area contributed by atoms with E-state index in [9.17, 15) is 0 Å². The molecule has 0 aromatic heterocycles. The van der Waals surface area contributed by atoms with Crippen molar-refractivity contribution in [3.8, 4) is 0 Å². The van der Waals surface area contributed by atoms with Gasteiger partial charge in [-0.05, 0) is 38.9 Å². The summed E-state index contributed by atoms with van der Waals surface area (Å²) in [4.78, 5) is 4.06. The normalized spacial score (nSPS) is 29.1. The molecule has 0 spiro atoms. The number of hydrogen-bond donors (Lipinski definition) is 0. The molecule has 0 aromatic carbocycles. The molecule has 0 radical (unpaired) electrons. The number of hydrogen-bond acceptors (Lipinski definition) is 3. The number of thiocarbonyl (C=S) groups is 1. The maximum Gasteiger partial charge on any atom is 0.0651 e. The minimum Gasteiger partial charge on any atom is -0.375 e. The molecule has 0 bridgehead atoms. The Morgan fingerprint density at radius 3 is 2.91 bits per heavy atom. The van der Waals surface area contributed by atoms with E-state index in [0.717, 1.165) is 19.4 Å². The molecule has 1 aliphatic rings. The van der Waals surface area contributed by atoms with Crippen molar-refractivity contribution in [3.05, 3.63) is 0 Å². The number of isothiocyanates is 1. The molecule has 3 heteroatoms. The first-order valence-corrected chi connectivity index (χ1v) is 4.26. The van der Waals surface area contributed by atoms with Crippen molar-refractivity contribution in [2.75, 3.05) is 6.61 Å². The molecule has 0 amide bonds. The van der Waals surface area contributed by atoms with Crippen LogP contribution in [0.1, 0.15) is 26.7 Å². The number of rotatable bonds is 1. The van der Waals surface area contributed by atoms with Crippen LogP contribution in [0.3, 0.4) is 0 Å². The van der Waals surface area contributed by atoms with Crippen LogP contribution in [-0.4, -0.2) is 23.4 Å². The van der Waals surface area contributed by atoms with Crippen LogP contribution < -0.4 is 0 Å². The average molecular weight is 171 g/mol. The Labute approximate surface area is 72.7 Å². The van der Waals surface area contributed by atoms with Gasteiger partial charge in [-0.15, -0.1) is 0 Å². The second-order valence-corrected chi connectivity index (χ2v) is 3.66. The van der Waals surface area contributed by atoms with Gasteiger partial charge in [-0.25, -0.2) is 4.99 Å². The van der Waals surface area contributed by atoms with Crippen molar-refractivity contribution < 1.29 is 4.74 Å². The van der Waals surface area contributed by atoms with Crippen molar-refractivity contribution in [1.29, 1.82) is 0 Å². The maximum absolute atomic E-state index is 5.52. The molecule has 1 heterocycles. The zero-order valence-corrected chi connectivity index (χ0v) is 7.78. The second-order valence-electron chi connectivity index (χ2n) is 3.48. The van der Waals surface area contributed by atoms with E-state index in [-0.39, 0.29) is 5.60 Å². The van der Waals surface area contributed by atoms with Crippen molar-refractivity contribution in [3.63, 3.8) is 0 Å². The molecule has 11 heavy (non-hydrogen) atoms. The highest BCUT2D eigenvalue weighted by atomic mass is 32.1. The van der Waals surface area contributed by atoms with Crippen molar-refractivity contribution in [1.82, 2.24) is 0 Å². The van der Waals surface area contributed by atoms with Crippen LogP contribution in [0.5, 0.6) is 0 Å². The molecule has 0 aliphatic carbocycles. The Morgan fingerprint density at radius 1 is 1.64 bits per heavy atom. The van der Waals surface area contributed by atoms with Gasteiger partial charge in [-0.3, -0.25) is 0 Å². The zero-order valence-electron chi connectivity index (χ0n) is 6.96. The highest BCUT2D eigenvalue weighted by Gasteiger charge is 2.28. The van der Waals surface area contributed by atoms with Gasteiger partial charge >= 0.3 is 0 Å². The van der Waals surface area contributed by atoms with E-state index in [1.165, 1.54) is 0 Å². The molecular formula is C8H13NOS. The van der Waals surface area contributed by atoms with E-state index in [1.807, 2.05) is 0 Å². The molecule has 0 saturated carbocycles. The molecule has 2 nitrogen and oxygen atoms in total. The minimum absolute atomic E-state index is 0.0292. The third-order valence-corrected chi connectivity index (χ3v) is 2.01. The SMILES string of the molecule is CC1(C)CC(N=C=S)CCO1. The van der Waals surface area contributed by atoms with Crippen molar-refractivity contribution in [2.45, 2.75) is 38.3 Å². The van der Waals surface area contributed by atoms with E-state index in [1.54, 1.807) is 0 Å². The van der Waals surface area contributed by atoms with E-state index in [0.29, 0.717) is 6.04 Å². The van der Waals surface area contributed by atoms with Crippen LogP contribution in [0.25, 0.3) is 0 Å². The fourth-order valence-corrected chi connectivity index (χ4v) is 1.53. The molecule has 1 saturated heterocycles. The molecule has 1 rings (SSSR count). The summed E-state index contributed by atoms with van der Waals surface area (Å²) in [7, 11) is 0. The molecule has 1 fully saturated rings. The third kappa shape index (κ3) is 2.70. The Kier molecular flexibility index (Phi) is 2.77. The lowest BCUT2D eigenvalue weighted by atomic mass is 9.94. The molecule has 0 N–H and O–H groups in total. The van der Waals surface area contributed by atoms with Gasteiger partial charge in [-0.1, -0.05) is 0 Å². The summed E-state index contributed by atoms with van der Waals surface area (Å²) in [5.41, 5.74) is -0.0292. The van der Waals surface area contributed by atoms with Crippen LogP contribution in [0, 0.1) is 0 Å². The highest BCUT2D eigenvalue weighted by molar-refractivity contribution is 7.78. The largest absolute Gasteiger partial charge is 0.375 e. The lowest BCUT2D eigenvalue weighted by Crippen LogP contribution is -2.35. The number of nitrogens with zero attached hydrogens (tertiary/aromatic N) is 1. The Morgan fingerprint density at radius 2 is 2.36 bits per heavy atom. The van der Waals surface area contributed by atoms with Gasteiger partial charge in [0.25, 0.3) is 0 Å². The summed E-state index contributed by atoms with van der Waals surface area (Å²) in [6.45, 7) is 4.95. The molecule has 1 atom stereocenters. The molecule has 62 valence electrons. The Bertz CT molecular complexity index is 185. The summed E-state index contributed by atoms with van der Waals surface area (Å²) in [6.07, 6.45) is 1.93. The van der Waals surface area contributed by atoms with Gasteiger partial charge in [0.2, 0.25) is 0 Å². The summed E-state index contributed by atoms with van der Waals surface area (Å²) in [6, 6.07) is 0.330. The smallest absolute Gasteiger partial charge is 0.0651 e. The van der Waals surface area contributed by atoms with Crippen LogP contribution in [0.2, 0.25) is 0 Å². The van der Waals surface area contributed by atoms with Gasteiger partial charge in [0, 0.05) is 6.61 Å². The van der Waals surface area contributed by atoms with E-state index < -0.39 is 0 Å². The van der Waals surface area contributed by atoms with Crippen LogP contribution in [-0.2, 0) is 4.74 Å². The van der Waals surface area contributed by atoms with Crippen LogP contribution in [0.4, 0.5) is 0 Å². The first kappa shape index (κ1) is 8.85. The van der Waals surface area contributed by atoms with Crippen molar-refractivity contribution >= 4 is 17.4 Å². The fourth-order valence-electron chi connectivity index (χ4n) is 1.38. The fraction of sp³-hybridized carbons (Fsp3) is 0.875. The Hall–Kier alpha value is -0.240. The van der Waals surface area contributed by atoms with E-state index >= 15 is 0 Å². The first-order chi connectivity index (χ1) is 5.14. The predicted octanol–water partition coefficient (Wildman–Crippen LogP) is 2.05. The standard InChI is InChI=1S/C8H13NOS/c1-8(2)5-7(9-6-11)3-4-10-8/h7H,3-5H2,1-2H3. The summed E-state index contributed by atoms with van der Waals surface area (Å²) >= 11 is 4.55. The topological polar surface area (TPSA) is 21.6 Å². The number of ether oxygens (including phenoxy) is 1. The summed E-state index contributed by atoms with van der Waals surface area (Å²) in [5.74, 6) is 0. The van der Waals surface area contributed by atoms with Crippen LogP contribution >= 0.6 is 12.2 Å². The maximum atomic E-state index is 5.52. The molecular weight excluding hydrogens is 158 g/mol. The lowest BCUT2D eigenvalue weighted by Gasteiger charge is -2.33. The average Bonchev–Trinajstić information content (AvgIpc) is 1.85. The second kappa shape index (κ2) is 3.44. The monoisotopic (exact) mass is 171 g/mol. The summed E-state index contributed by atoms with van der Waals surface area (Å²) < 4.78 is 5.52. The highest BCUT2D eigenvalue weighted by Crippen LogP contribution is 2.25. The molecule has 1 aliphatic heterocycles. The zero-order chi connectivity index (χ0) is 8.32. The van der Waals surface area contributed by atoms with Gasteiger partial charge < -0.3 is 4.74 Å². The minimum atomic E-state index is -0.0292. The van der Waals surface area contributed by atoms with Gasteiger partial charge in [-0.2, -0.15) is 0 Å². The quantitative estimate of drug-likeness (QED) is 0.445. The van der Waals surface area contributed by atoms with Crippen LogP contribution in [0.15, 0.2) is 4.99 Å². The van der Waals surface area contributed by atoms with E-state index in [2.05, 4.69) is 36.2 Å². The number of aliphatic imine (C=N–C) groups is 1. The predicted molar refractivity (Wildman–Crippen MR) is 48.1 cm³/mol. The molecule has 1 unspecified atom stereocenters. The van der Waals surface area contributed by atoms with Gasteiger partial charge in [0.15, 0.2) is 0 Å². The lowest BCUT2D eigenvalue weighted by molar-refractivity contribution is -0.0574. The molecule has 0 aromatic rings. The third-order valence-electron chi connectivity index (χ3n) is 1.91. The first-order valence-electron chi connectivity index (χ1n) is 3.85. The Balaban J connectivity index is 2.52. The summed E-state index contributed by atoms with van der Waals surface area (Å²) in [5, 5.41) is 2.43. The van der Waals surface area contributed by atoms with Crippen molar-refractivity contribution in [2.24, 2.45) is 4.99 Å². The van der Waals surface area contributed by atoms with Gasteiger partial charge in [0.1, 0.15) is 0 Å².